The monoisotopic (exact) mass is 238 g/mol. The number of carbonyl (C=O) groups excluding carboxylic acids is 1. The Morgan fingerprint density at radius 1 is 1.47 bits per heavy atom. The molecule has 1 unspecified atom stereocenters. The zero-order chi connectivity index (χ0) is 12.1. The lowest BCUT2D eigenvalue weighted by molar-refractivity contribution is -0.140. The molecule has 0 aromatic rings. The topological polar surface area (TPSA) is 93.1 Å². The van der Waals surface area contributed by atoms with Crippen LogP contribution in [0.3, 0.4) is 0 Å². The Labute approximate surface area is 88.0 Å². The van der Waals surface area contributed by atoms with Gasteiger partial charge in [-0.25, -0.2) is 4.79 Å². The van der Waals surface area contributed by atoms with E-state index in [0.717, 1.165) is 0 Å². The number of carbonyl (C=O) groups is 1. The second-order valence-corrected chi connectivity index (χ2v) is 4.88. The molecular weight excluding hydrogens is 223 g/mol. The lowest BCUT2D eigenvalue weighted by Gasteiger charge is -2.14. The molecule has 0 fully saturated rings. The number of ether oxygens (including phenoxy) is 2. The molecule has 0 amide bonds. The Morgan fingerprint density at radius 2 is 2.00 bits per heavy atom. The van der Waals surface area contributed by atoms with Gasteiger partial charge in [-0.15, -0.1) is 0 Å². The predicted molar refractivity (Wildman–Crippen MR) is 53.2 cm³/mol. The van der Waals surface area contributed by atoms with Crippen LogP contribution in [0.25, 0.3) is 0 Å². The van der Waals surface area contributed by atoms with Crippen LogP contribution in [0.1, 0.15) is 13.8 Å². The smallest absolute Gasteiger partial charge is 0.353 e. The van der Waals surface area contributed by atoms with Gasteiger partial charge in [0.25, 0.3) is 0 Å². The SMILES string of the molecule is C=C(C)C(=O)OCCOC(C)P(=O)(O)O. The second kappa shape index (κ2) is 6.02. The molecule has 2 N–H and O–H groups in total. The molecule has 1 atom stereocenters. The maximum absolute atomic E-state index is 10.9. The van der Waals surface area contributed by atoms with Gasteiger partial charge < -0.3 is 19.3 Å². The van der Waals surface area contributed by atoms with Crippen molar-refractivity contribution in [1.82, 2.24) is 0 Å². The van der Waals surface area contributed by atoms with E-state index in [4.69, 9.17) is 14.5 Å². The van der Waals surface area contributed by atoms with Gasteiger partial charge in [-0.1, -0.05) is 6.58 Å². The van der Waals surface area contributed by atoms with Gasteiger partial charge in [-0.05, 0) is 13.8 Å². The van der Waals surface area contributed by atoms with E-state index in [2.05, 4.69) is 11.3 Å². The van der Waals surface area contributed by atoms with Crippen molar-refractivity contribution in [2.75, 3.05) is 13.2 Å². The lowest BCUT2D eigenvalue weighted by atomic mass is 10.4. The van der Waals surface area contributed by atoms with Gasteiger partial charge in [-0.3, -0.25) is 4.57 Å². The summed E-state index contributed by atoms with van der Waals surface area (Å²) in [7, 11) is -4.22. The van der Waals surface area contributed by atoms with Gasteiger partial charge in [-0.2, -0.15) is 0 Å². The highest BCUT2D eigenvalue weighted by atomic mass is 31.2. The average molecular weight is 238 g/mol. The van der Waals surface area contributed by atoms with Gasteiger partial charge in [0.2, 0.25) is 0 Å². The highest BCUT2D eigenvalue weighted by molar-refractivity contribution is 7.52. The fourth-order valence-corrected chi connectivity index (χ4v) is 0.873. The Balaban J connectivity index is 3.69. The summed E-state index contributed by atoms with van der Waals surface area (Å²) in [5.74, 6) is -1.75. The van der Waals surface area contributed by atoms with Crippen LogP contribution in [-0.4, -0.2) is 34.8 Å². The molecule has 15 heavy (non-hydrogen) atoms. The van der Waals surface area contributed by atoms with E-state index in [1.807, 2.05) is 0 Å². The molecule has 0 aromatic carbocycles. The van der Waals surface area contributed by atoms with Crippen LogP contribution in [0.15, 0.2) is 12.2 Å². The molecule has 0 aromatic heterocycles. The van der Waals surface area contributed by atoms with E-state index < -0.39 is 19.4 Å². The molecule has 0 saturated carbocycles. The molecule has 0 saturated heterocycles. The molecule has 7 heteroatoms. The minimum Gasteiger partial charge on any atom is -0.460 e. The Bertz CT molecular complexity index is 281. The summed E-state index contributed by atoms with van der Waals surface area (Å²) in [5, 5.41) is 0. The highest BCUT2D eigenvalue weighted by Gasteiger charge is 2.24. The number of rotatable bonds is 6. The average Bonchev–Trinajstić information content (AvgIpc) is 2.09. The quantitative estimate of drug-likeness (QED) is 0.305. The van der Waals surface area contributed by atoms with Crippen LogP contribution in [-0.2, 0) is 18.8 Å². The maximum Gasteiger partial charge on any atom is 0.353 e. The molecule has 0 aliphatic carbocycles. The molecule has 0 heterocycles. The normalized spacial score (nSPS) is 13.3. The van der Waals surface area contributed by atoms with Crippen LogP contribution in [0.2, 0.25) is 0 Å². The molecule has 0 bridgehead atoms. The van der Waals surface area contributed by atoms with E-state index in [-0.39, 0.29) is 18.8 Å². The summed E-state index contributed by atoms with van der Waals surface area (Å²) < 4.78 is 20.0. The van der Waals surface area contributed by atoms with E-state index >= 15 is 0 Å². The van der Waals surface area contributed by atoms with Gasteiger partial charge in [0.15, 0.2) is 5.85 Å². The minimum atomic E-state index is -4.22. The summed E-state index contributed by atoms with van der Waals surface area (Å²) in [4.78, 5) is 28.1. The molecular formula is C8H15O6P. The Kier molecular flexibility index (Phi) is 5.75. The van der Waals surface area contributed by atoms with Crippen molar-refractivity contribution in [2.45, 2.75) is 19.7 Å². The molecule has 0 spiro atoms. The van der Waals surface area contributed by atoms with Gasteiger partial charge in [0, 0.05) is 5.57 Å². The first-order chi connectivity index (χ1) is 6.75. The van der Waals surface area contributed by atoms with Crippen molar-refractivity contribution in [1.29, 1.82) is 0 Å². The Hall–Kier alpha value is -0.680. The van der Waals surface area contributed by atoms with Crippen molar-refractivity contribution in [3.8, 4) is 0 Å². The van der Waals surface area contributed by atoms with Gasteiger partial charge >= 0.3 is 13.6 Å². The third-order valence-corrected chi connectivity index (χ3v) is 2.59. The predicted octanol–water partition coefficient (Wildman–Crippen LogP) is 0.646. The zero-order valence-electron chi connectivity index (χ0n) is 8.67. The van der Waals surface area contributed by atoms with Crippen molar-refractivity contribution >= 4 is 13.6 Å². The molecule has 0 rings (SSSR count). The maximum atomic E-state index is 10.9. The summed E-state index contributed by atoms with van der Waals surface area (Å²) in [5.41, 5.74) is 0.262. The number of hydrogen-bond acceptors (Lipinski definition) is 4. The van der Waals surface area contributed by atoms with Gasteiger partial charge in [0.05, 0.1) is 6.61 Å². The van der Waals surface area contributed by atoms with Crippen molar-refractivity contribution < 1.29 is 28.6 Å². The van der Waals surface area contributed by atoms with E-state index in [1.54, 1.807) is 0 Å². The largest absolute Gasteiger partial charge is 0.460 e. The molecule has 6 nitrogen and oxygen atoms in total. The van der Waals surface area contributed by atoms with Gasteiger partial charge in [0.1, 0.15) is 6.61 Å². The first-order valence-electron chi connectivity index (χ1n) is 4.24. The molecule has 88 valence electrons. The molecule has 0 aliphatic heterocycles. The van der Waals surface area contributed by atoms with Crippen molar-refractivity contribution in [2.24, 2.45) is 0 Å². The minimum absolute atomic E-state index is 0.0595. The standard InChI is InChI=1S/C8H15O6P/c1-6(2)8(9)14-5-4-13-7(3)15(10,11)12/h7H,1,4-5H2,2-3H3,(H2,10,11,12). The fraction of sp³-hybridized carbons (Fsp3) is 0.625. The Morgan fingerprint density at radius 3 is 2.40 bits per heavy atom. The highest BCUT2D eigenvalue weighted by Crippen LogP contribution is 2.41. The van der Waals surface area contributed by atoms with Crippen LogP contribution >= 0.6 is 7.60 Å². The fourth-order valence-electron chi connectivity index (χ4n) is 0.573. The number of esters is 1. The second-order valence-electron chi connectivity index (χ2n) is 2.98. The summed E-state index contributed by atoms with van der Waals surface area (Å²) in [6.45, 7) is 6.00. The summed E-state index contributed by atoms with van der Waals surface area (Å²) in [6.07, 6.45) is 0. The molecule has 0 radical (unpaired) electrons. The van der Waals surface area contributed by atoms with Crippen LogP contribution in [0.5, 0.6) is 0 Å². The summed E-state index contributed by atoms with van der Waals surface area (Å²) in [6, 6.07) is 0. The van der Waals surface area contributed by atoms with Crippen molar-refractivity contribution in [3.63, 3.8) is 0 Å². The first-order valence-corrected chi connectivity index (χ1v) is 5.92. The van der Waals surface area contributed by atoms with E-state index in [9.17, 15) is 9.36 Å². The molecule has 0 aliphatic rings. The van der Waals surface area contributed by atoms with Crippen molar-refractivity contribution in [3.05, 3.63) is 12.2 Å². The number of hydrogen-bond donors (Lipinski definition) is 2. The van der Waals surface area contributed by atoms with E-state index in [0.29, 0.717) is 0 Å². The zero-order valence-corrected chi connectivity index (χ0v) is 9.57. The van der Waals surface area contributed by atoms with Crippen LogP contribution < -0.4 is 0 Å². The summed E-state index contributed by atoms with van der Waals surface area (Å²) >= 11 is 0. The third kappa shape index (κ3) is 6.41. The first kappa shape index (κ1) is 14.3. The van der Waals surface area contributed by atoms with Crippen LogP contribution in [0.4, 0.5) is 0 Å². The van der Waals surface area contributed by atoms with Crippen LogP contribution in [0, 0.1) is 0 Å². The lowest BCUT2D eigenvalue weighted by Crippen LogP contribution is -2.15. The van der Waals surface area contributed by atoms with E-state index in [1.165, 1.54) is 13.8 Å². The third-order valence-electron chi connectivity index (χ3n) is 1.50.